The minimum absolute atomic E-state index is 0.110. The predicted molar refractivity (Wildman–Crippen MR) is 93.5 cm³/mol. The Morgan fingerprint density at radius 3 is 2.19 bits per heavy atom. The summed E-state index contributed by atoms with van der Waals surface area (Å²) in [6.07, 6.45) is 4.66. The molecule has 3 N–H and O–H groups in total. The number of carbonyl (C=O) groups excluding carboxylic acids is 1. The van der Waals surface area contributed by atoms with Gasteiger partial charge in [0.15, 0.2) is 0 Å². The van der Waals surface area contributed by atoms with Gasteiger partial charge in [-0.1, -0.05) is 51.5 Å². The molecule has 21 heavy (non-hydrogen) atoms. The van der Waals surface area contributed by atoms with E-state index in [1.807, 2.05) is 26.0 Å². The molecular weight excluding hydrogens is 280 g/mol. The smallest absolute Gasteiger partial charge is 0.237 e. The molecule has 0 aliphatic rings. The van der Waals surface area contributed by atoms with Gasteiger partial charge in [-0.25, -0.2) is 0 Å². The maximum atomic E-state index is 12.5. The second-order valence-electron chi connectivity index (χ2n) is 5.41. The van der Waals surface area contributed by atoms with Gasteiger partial charge in [-0.05, 0) is 43.4 Å². The summed E-state index contributed by atoms with van der Waals surface area (Å²) >= 11 is 5.11. The Bertz CT molecular complexity index is 478. The first kappa shape index (κ1) is 17.6. The summed E-state index contributed by atoms with van der Waals surface area (Å²) in [4.78, 5) is 12.8. The standard InChI is InChI=1S/C17H26N2OS/c1-4-7-8-13-9-11-14(12-10-13)19-16(20)17(5-2,6-3)15(18)21/h9-12H,4-8H2,1-3H3,(H2,18,21)(H,19,20). The first-order chi connectivity index (χ1) is 10.00. The molecule has 1 rings (SSSR count). The van der Waals surface area contributed by atoms with E-state index in [4.69, 9.17) is 18.0 Å². The molecule has 0 saturated heterocycles. The van der Waals surface area contributed by atoms with E-state index < -0.39 is 5.41 Å². The number of amides is 1. The van der Waals surface area contributed by atoms with Crippen LogP contribution in [0.15, 0.2) is 24.3 Å². The van der Waals surface area contributed by atoms with E-state index in [-0.39, 0.29) is 10.9 Å². The van der Waals surface area contributed by atoms with Crippen LogP contribution in [0.2, 0.25) is 0 Å². The molecule has 1 amide bonds. The van der Waals surface area contributed by atoms with Crippen molar-refractivity contribution in [2.24, 2.45) is 11.1 Å². The van der Waals surface area contributed by atoms with Crippen molar-refractivity contribution in [3.05, 3.63) is 29.8 Å². The average Bonchev–Trinajstić information content (AvgIpc) is 2.48. The summed E-state index contributed by atoms with van der Waals surface area (Å²) in [7, 11) is 0. The van der Waals surface area contributed by atoms with Crippen molar-refractivity contribution in [1.82, 2.24) is 0 Å². The summed E-state index contributed by atoms with van der Waals surface area (Å²) in [5.74, 6) is -0.110. The number of nitrogens with two attached hydrogens (primary N) is 1. The third kappa shape index (κ3) is 4.27. The van der Waals surface area contributed by atoms with Crippen LogP contribution in [0.1, 0.15) is 52.0 Å². The van der Waals surface area contributed by atoms with Crippen molar-refractivity contribution < 1.29 is 4.79 Å². The lowest BCUT2D eigenvalue weighted by atomic mass is 9.81. The van der Waals surface area contributed by atoms with E-state index in [1.54, 1.807) is 0 Å². The van der Waals surface area contributed by atoms with E-state index in [1.165, 1.54) is 18.4 Å². The number of rotatable bonds is 8. The van der Waals surface area contributed by atoms with Gasteiger partial charge in [0.25, 0.3) is 0 Å². The molecule has 0 aliphatic carbocycles. The molecule has 0 saturated carbocycles. The lowest BCUT2D eigenvalue weighted by Gasteiger charge is -2.28. The van der Waals surface area contributed by atoms with Crippen molar-refractivity contribution in [2.75, 3.05) is 5.32 Å². The van der Waals surface area contributed by atoms with Crippen LogP contribution < -0.4 is 11.1 Å². The first-order valence-electron chi connectivity index (χ1n) is 7.70. The number of unbranched alkanes of at least 4 members (excludes halogenated alkanes) is 1. The molecule has 0 radical (unpaired) electrons. The molecule has 0 heterocycles. The van der Waals surface area contributed by atoms with Crippen LogP contribution in [0.4, 0.5) is 5.69 Å². The number of thiocarbonyl (C=S) groups is 1. The number of hydrogen-bond acceptors (Lipinski definition) is 2. The monoisotopic (exact) mass is 306 g/mol. The molecule has 1 aromatic rings. The molecule has 116 valence electrons. The fourth-order valence-electron chi connectivity index (χ4n) is 2.42. The number of hydrogen-bond donors (Lipinski definition) is 2. The highest BCUT2D eigenvalue weighted by atomic mass is 32.1. The van der Waals surface area contributed by atoms with Crippen LogP contribution in [-0.2, 0) is 11.2 Å². The SMILES string of the molecule is CCCCc1ccc(NC(=O)C(CC)(CC)C(N)=S)cc1. The third-order valence-electron chi connectivity index (χ3n) is 4.14. The molecule has 1 aromatic carbocycles. The predicted octanol–water partition coefficient (Wildman–Crippen LogP) is 4.06. The zero-order valence-corrected chi connectivity index (χ0v) is 14.1. The van der Waals surface area contributed by atoms with Crippen molar-refractivity contribution in [2.45, 2.75) is 52.9 Å². The van der Waals surface area contributed by atoms with Crippen molar-refractivity contribution in [3.8, 4) is 0 Å². The Morgan fingerprint density at radius 2 is 1.76 bits per heavy atom. The quantitative estimate of drug-likeness (QED) is 0.712. The first-order valence-corrected chi connectivity index (χ1v) is 8.11. The Hall–Kier alpha value is -1.42. The highest BCUT2D eigenvalue weighted by Gasteiger charge is 2.38. The second kappa shape index (κ2) is 8.13. The molecule has 0 bridgehead atoms. The van der Waals surface area contributed by atoms with Crippen LogP contribution >= 0.6 is 12.2 Å². The molecule has 0 unspecified atom stereocenters. The van der Waals surface area contributed by atoms with Crippen LogP contribution in [0.3, 0.4) is 0 Å². The zero-order valence-electron chi connectivity index (χ0n) is 13.2. The second-order valence-corrected chi connectivity index (χ2v) is 5.85. The number of nitrogens with one attached hydrogen (secondary N) is 1. The topological polar surface area (TPSA) is 55.1 Å². The lowest BCUT2D eigenvalue weighted by Crippen LogP contribution is -2.45. The molecule has 3 nitrogen and oxygen atoms in total. The maximum absolute atomic E-state index is 12.5. The normalized spacial score (nSPS) is 11.2. The molecule has 0 aromatic heterocycles. The molecule has 0 spiro atoms. The van der Waals surface area contributed by atoms with Gasteiger partial charge in [-0.15, -0.1) is 0 Å². The van der Waals surface area contributed by atoms with E-state index in [2.05, 4.69) is 24.4 Å². The highest BCUT2D eigenvalue weighted by molar-refractivity contribution is 7.80. The minimum Gasteiger partial charge on any atom is -0.392 e. The van der Waals surface area contributed by atoms with Gasteiger partial charge < -0.3 is 11.1 Å². The van der Waals surface area contributed by atoms with Gasteiger partial charge in [0.1, 0.15) is 0 Å². The summed E-state index contributed by atoms with van der Waals surface area (Å²) in [6, 6.07) is 8.01. The summed E-state index contributed by atoms with van der Waals surface area (Å²) in [5, 5.41) is 2.94. The third-order valence-corrected chi connectivity index (χ3v) is 4.53. The van der Waals surface area contributed by atoms with Crippen LogP contribution in [0, 0.1) is 5.41 Å². The van der Waals surface area contributed by atoms with E-state index in [0.29, 0.717) is 12.8 Å². The van der Waals surface area contributed by atoms with Gasteiger partial charge in [0.05, 0.1) is 10.4 Å². The Kier molecular flexibility index (Phi) is 6.82. The number of benzene rings is 1. The van der Waals surface area contributed by atoms with Crippen molar-refractivity contribution in [1.29, 1.82) is 0 Å². The summed E-state index contributed by atoms with van der Waals surface area (Å²) in [5.41, 5.74) is 7.13. The fourth-order valence-corrected chi connectivity index (χ4v) is 2.80. The van der Waals surface area contributed by atoms with Crippen LogP contribution in [0.25, 0.3) is 0 Å². The average molecular weight is 306 g/mol. The fraction of sp³-hybridized carbons (Fsp3) is 0.529. The van der Waals surface area contributed by atoms with E-state index in [0.717, 1.165) is 12.1 Å². The molecule has 0 aliphatic heterocycles. The largest absolute Gasteiger partial charge is 0.392 e. The molecule has 0 fully saturated rings. The van der Waals surface area contributed by atoms with Crippen LogP contribution in [-0.4, -0.2) is 10.9 Å². The van der Waals surface area contributed by atoms with Gasteiger partial charge >= 0.3 is 0 Å². The van der Waals surface area contributed by atoms with Crippen molar-refractivity contribution in [3.63, 3.8) is 0 Å². The van der Waals surface area contributed by atoms with Gasteiger partial charge in [-0.3, -0.25) is 4.79 Å². The summed E-state index contributed by atoms with van der Waals surface area (Å²) < 4.78 is 0. The van der Waals surface area contributed by atoms with Gasteiger partial charge in [0.2, 0.25) is 5.91 Å². The van der Waals surface area contributed by atoms with Crippen molar-refractivity contribution >= 4 is 28.8 Å². The Balaban J connectivity index is 2.80. The van der Waals surface area contributed by atoms with E-state index >= 15 is 0 Å². The maximum Gasteiger partial charge on any atom is 0.237 e. The summed E-state index contributed by atoms with van der Waals surface area (Å²) in [6.45, 7) is 6.06. The van der Waals surface area contributed by atoms with Gasteiger partial charge in [-0.2, -0.15) is 0 Å². The Labute approximate surface area is 133 Å². The zero-order chi connectivity index (χ0) is 15.9. The molecular formula is C17H26N2OS. The number of aryl methyl sites for hydroxylation is 1. The number of carbonyl (C=O) groups is 1. The molecule has 0 atom stereocenters. The highest BCUT2D eigenvalue weighted by Crippen LogP contribution is 2.29. The molecule has 4 heteroatoms. The van der Waals surface area contributed by atoms with Crippen LogP contribution in [0.5, 0.6) is 0 Å². The van der Waals surface area contributed by atoms with E-state index in [9.17, 15) is 4.79 Å². The lowest BCUT2D eigenvalue weighted by molar-refractivity contribution is -0.122. The Morgan fingerprint density at radius 1 is 1.19 bits per heavy atom. The minimum atomic E-state index is -0.754. The number of anilines is 1. The van der Waals surface area contributed by atoms with Gasteiger partial charge in [0, 0.05) is 5.69 Å².